The molecule has 1 N–H and O–H groups in total. The van der Waals surface area contributed by atoms with Crippen LogP contribution in [-0.4, -0.2) is 50.8 Å². The van der Waals surface area contributed by atoms with E-state index in [-0.39, 0.29) is 0 Å². The zero-order valence-corrected chi connectivity index (χ0v) is 11.0. The lowest BCUT2D eigenvalue weighted by molar-refractivity contribution is -0.183. The molecule has 2 fully saturated rings. The number of nitrogens with zero attached hydrogens (tertiary/aromatic N) is 1. The predicted molar refractivity (Wildman–Crippen MR) is 66.6 cm³/mol. The van der Waals surface area contributed by atoms with Gasteiger partial charge in [-0.25, -0.2) is 0 Å². The van der Waals surface area contributed by atoms with Crippen molar-refractivity contribution in [2.75, 3.05) is 45.9 Å². The SMILES string of the molecule is CCC1(C(C)(C)CN2CCNCC2)COC1. The first-order valence-electron chi connectivity index (χ1n) is 6.60. The van der Waals surface area contributed by atoms with Crippen LogP contribution >= 0.6 is 0 Å². The van der Waals surface area contributed by atoms with E-state index < -0.39 is 0 Å². The van der Waals surface area contributed by atoms with Gasteiger partial charge in [0.25, 0.3) is 0 Å². The van der Waals surface area contributed by atoms with E-state index in [1.807, 2.05) is 0 Å². The molecule has 0 aromatic rings. The molecule has 0 aromatic carbocycles. The molecule has 0 aromatic heterocycles. The zero-order chi connectivity index (χ0) is 11.6. The minimum atomic E-state index is 0.372. The fourth-order valence-electron chi connectivity index (χ4n) is 3.02. The quantitative estimate of drug-likeness (QED) is 0.783. The summed E-state index contributed by atoms with van der Waals surface area (Å²) in [5.41, 5.74) is 0.801. The van der Waals surface area contributed by atoms with Crippen molar-refractivity contribution < 1.29 is 4.74 Å². The Bertz CT molecular complexity index is 225. The summed E-state index contributed by atoms with van der Waals surface area (Å²) in [6.07, 6.45) is 1.24. The van der Waals surface area contributed by atoms with Crippen molar-refractivity contribution >= 4 is 0 Å². The molecule has 0 spiro atoms. The maximum absolute atomic E-state index is 5.47. The monoisotopic (exact) mass is 226 g/mol. The molecule has 0 bridgehead atoms. The van der Waals surface area contributed by atoms with Crippen molar-refractivity contribution in [3.8, 4) is 0 Å². The molecule has 0 amide bonds. The third kappa shape index (κ3) is 2.13. The van der Waals surface area contributed by atoms with Gasteiger partial charge in [-0.05, 0) is 11.8 Å². The van der Waals surface area contributed by atoms with E-state index >= 15 is 0 Å². The van der Waals surface area contributed by atoms with Gasteiger partial charge in [0.05, 0.1) is 13.2 Å². The highest BCUT2D eigenvalue weighted by atomic mass is 16.5. The topological polar surface area (TPSA) is 24.5 Å². The van der Waals surface area contributed by atoms with Crippen molar-refractivity contribution in [1.29, 1.82) is 0 Å². The number of nitrogens with one attached hydrogen (secondary N) is 1. The molecule has 3 nitrogen and oxygen atoms in total. The summed E-state index contributed by atoms with van der Waals surface area (Å²) in [6.45, 7) is 15.0. The molecule has 0 radical (unpaired) electrons. The van der Waals surface area contributed by atoms with E-state index in [9.17, 15) is 0 Å². The summed E-state index contributed by atoms with van der Waals surface area (Å²) in [5, 5.41) is 3.41. The van der Waals surface area contributed by atoms with E-state index in [1.165, 1.54) is 26.1 Å². The lowest BCUT2D eigenvalue weighted by Crippen LogP contribution is -2.58. The van der Waals surface area contributed by atoms with Crippen LogP contribution in [0, 0.1) is 10.8 Å². The van der Waals surface area contributed by atoms with Crippen molar-refractivity contribution in [1.82, 2.24) is 10.2 Å². The van der Waals surface area contributed by atoms with Crippen LogP contribution in [0.25, 0.3) is 0 Å². The van der Waals surface area contributed by atoms with Crippen molar-refractivity contribution in [2.45, 2.75) is 27.2 Å². The maximum Gasteiger partial charge on any atom is 0.0550 e. The van der Waals surface area contributed by atoms with Gasteiger partial charge in [-0.3, -0.25) is 0 Å². The van der Waals surface area contributed by atoms with E-state index in [0.717, 1.165) is 26.3 Å². The van der Waals surface area contributed by atoms with Gasteiger partial charge in [0.2, 0.25) is 0 Å². The van der Waals surface area contributed by atoms with Crippen LogP contribution in [0.4, 0.5) is 0 Å². The highest BCUT2D eigenvalue weighted by Gasteiger charge is 2.49. The van der Waals surface area contributed by atoms with Crippen LogP contribution in [0.2, 0.25) is 0 Å². The first-order chi connectivity index (χ1) is 7.60. The van der Waals surface area contributed by atoms with Gasteiger partial charge >= 0.3 is 0 Å². The van der Waals surface area contributed by atoms with Crippen LogP contribution in [0.15, 0.2) is 0 Å². The van der Waals surface area contributed by atoms with Crippen LogP contribution in [0.1, 0.15) is 27.2 Å². The Morgan fingerprint density at radius 2 is 1.88 bits per heavy atom. The molecule has 0 atom stereocenters. The van der Waals surface area contributed by atoms with Crippen LogP contribution in [0.3, 0.4) is 0 Å². The highest BCUT2D eigenvalue weighted by Crippen LogP contribution is 2.47. The minimum Gasteiger partial charge on any atom is -0.380 e. The molecule has 16 heavy (non-hydrogen) atoms. The van der Waals surface area contributed by atoms with Crippen LogP contribution < -0.4 is 5.32 Å². The van der Waals surface area contributed by atoms with E-state index in [1.54, 1.807) is 0 Å². The molecule has 2 heterocycles. The normalized spacial score (nSPS) is 26.4. The molecule has 0 unspecified atom stereocenters. The summed E-state index contributed by atoms with van der Waals surface area (Å²) < 4.78 is 5.47. The van der Waals surface area contributed by atoms with Gasteiger partial charge in [-0.1, -0.05) is 20.8 Å². The molecule has 2 aliphatic heterocycles. The molecule has 3 heteroatoms. The molecule has 2 saturated heterocycles. The second-order valence-corrected chi connectivity index (χ2v) is 6.04. The summed E-state index contributed by atoms with van der Waals surface area (Å²) in [7, 11) is 0. The fourth-order valence-corrected chi connectivity index (χ4v) is 3.02. The smallest absolute Gasteiger partial charge is 0.0550 e. The van der Waals surface area contributed by atoms with Gasteiger partial charge in [0.15, 0.2) is 0 Å². The Kier molecular flexibility index (Phi) is 3.57. The third-order valence-electron chi connectivity index (χ3n) is 4.70. The second-order valence-electron chi connectivity index (χ2n) is 6.04. The minimum absolute atomic E-state index is 0.372. The van der Waals surface area contributed by atoms with Gasteiger partial charge in [0.1, 0.15) is 0 Å². The number of rotatable bonds is 4. The number of hydrogen-bond acceptors (Lipinski definition) is 3. The average molecular weight is 226 g/mol. The number of ether oxygens (including phenoxy) is 1. The summed E-state index contributed by atoms with van der Waals surface area (Å²) in [6, 6.07) is 0. The number of piperazine rings is 1. The fraction of sp³-hybridized carbons (Fsp3) is 1.00. The first kappa shape index (κ1) is 12.3. The third-order valence-corrected chi connectivity index (χ3v) is 4.70. The molecular formula is C13H26N2O. The average Bonchev–Trinajstić information content (AvgIpc) is 2.16. The first-order valence-corrected chi connectivity index (χ1v) is 6.60. The molecule has 94 valence electrons. The van der Waals surface area contributed by atoms with Gasteiger partial charge < -0.3 is 15.0 Å². The Morgan fingerprint density at radius 1 is 1.25 bits per heavy atom. The largest absolute Gasteiger partial charge is 0.380 e. The molecule has 2 rings (SSSR count). The Hall–Kier alpha value is -0.120. The van der Waals surface area contributed by atoms with Crippen molar-refractivity contribution in [3.63, 3.8) is 0 Å². The zero-order valence-electron chi connectivity index (χ0n) is 11.0. The summed E-state index contributed by atoms with van der Waals surface area (Å²) in [5.74, 6) is 0. The second kappa shape index (κ2) is 4.63. The number of hydrogen-bond donors (Lipinski definition) is 1. The van der Waals surface area contributed by atoms with E-state index in [2.05, 4.69) is 31.0 Å². The summed E-state index contributed by atoms with van der Waals surface area (Å²) >= 11 is 0. The van der Waals surface area contributed by atoms with Gasteiger partial charge in [-0.15, -0.1) is 0 Å². The molecule has 0 aliphatic carbocycles. The molecule has 2 aliphatic rings. The van der Waals surface area contributed by atoms with E-state index in [0.29, 0.717) is 10.8 Å². The van der Waals surface area contributed by atoms with Crippen LogP contribution in [0.5, 0.6) is 0 Å². The van der Waals surface area contributed by atoms with Gasteiger partial charge in [-0.2, -0.15) is 0 Å². The lowest BCUT2D eigenvalue weighted by Gasteiger charge is -2.54. The Morgan fingerprint density at radius 3 is 2.31 bits per heavy atom. The maximum atomic E-state index is 5.47. The van der Waals surface area contributed by atoms with Crippen molar-refractivity contribution in [3.05, 3.63) is 0 Å². The molecular weight excluding hydrogens is 200 g/mol. The Balaban J connectivity index is 1.95. The van der Waals surface area contributed by atoms with Crippen LogP contribution in [-0.2, 0) is 4.74 Å². The van der Waals surface area contributed by atoms with Gasteiger partial charge in [0, 0.05) is 38.1 Å². The Labute approximate surface area is 99.5 Å². The predicted octanol–water partition coefficient (Wildman–Crippen LogP) is 1.34. The summed E-state index contributed by atoms with van der Waals surface area (Å²) in [4.78, 5) is 2.60. The van der Waals surface area contributed by atoms with Crippen molar-refractivity contribution in [2.24, 2.45) is 10.8 Å². The van der Waals surface area contributed by atoms with E-state index in [4.69, 9.17) is 4.74 Å². The molecule has 0 saturated carbocycles. The highest BCUT2D eigenvalue weighted by molar-refractivity contribution is 4.98. The lowest BCUT2D eigenvalue weighted by atomic mass is 9.62. The standard InChI is InChI=1S/C13H26N2O/c1-4-13(10-16-11-13)12(2,3)9-15-7-5-14-6-8-15/h14H,4-11H2,1-3H3.